The fourth-order valence-electron chi connectivity index (χ4n) is 4.64. The Kier molecular flexibility index (Phi) is 4.30. The van der Waals surface area contributed by atoms with E-state index in [1.807, 2.05) is 31.5 Å². The van der Waals surface area contributed by atoms with Gasteiger partial charge in [-0.15, -0.1) is 11.3 Å². The van der Waals surface area contributed by atoms with Gasteiger partial charge >= 0.3 is 6.09 Å². The molecule has 2 unspecified atom stereocenters. The highest BCUT2D eigenvalue weighted by molar-refractivity contribution is 7.16. The van der Waals surface area contributed by atoms with E-state index >= 15 is 0 Å². The van der Waals surface area contributed by atoms with Gasteiger partial charge in [0.15, 0.2) is 5.82 Å². The summed E-state index contributed by atoms with van der Waals surface area (Å²) in [6.45, 7) is 1.95. The van der Waals surface area contributed by atoms with Crippen molar-refractivity contribution in [1.29, 1.82) is 0 Å². The van der Waals surface area contributed by atoms with Crippen molar-refractivity contribution in [2.24, 2.45) is 0 Å². The number of fused-ring (bicyclic) bond motifs is 3. The smallest absolute Gasteiger partial charge is 0.407 e. The average Bonchev–Trinajstić information content (AvgIpc) is 3.39. The quantitative estimate of drug-likeness (QED) is 0.600. The van der Waals surface area contributed by atoms with Gasteiger partial charge in [-0.25, -0.2) is 9.78 Å². The summed E-state index contributed by atoms with van der Waals surface area (Å²) in [5.74, 6) is 2.11. The van der Waals surface area contributed by atoms with E-state index in [-0.39, 0.29) is 18.1 Å². The molecule has 0 radical (unpaired) electrons. The molecule has 2 aliphatic heterocycles. The molecule has 10 heteroatoms. The van der Waals surface area contributed by atoms with Crippen LogP contribution in [0.25, 0.3) is 10.2 Å². The average molecular weight is 414 g/mol. The van der Waals surface area contributed by atoms with E-state index in [2.05, 4.69) is 20.4 Å². The summed E-state index contributed by atoms with van der Waals surface area (Å²) in [5.41, 5.74) is 0.973. The van der Waals surface area contributed by atoms with Crippen LogP contribution >= 0.6 is 11.3 Å². The summed E-state index contributed by atoms with van der Waals surface area (Å²) < 4.78 is 0. The molecular weight excluding hydrogens is 390 g/mol. The lowest BCUT2D eigenvalue weighted by Gasteiger charge is -2.40. The van der Waals surface area contributed by atoms with Gasteiger partial charge < -0.3 is 20.2 Å². The lowest BCUT2D eigenvalue weighted by Crippen LogP contribution is -2.51. The second kappa shape index (κ2) is 6.87. The minimum absolute atomic E-state index is 0.0915. The van der Waals surface area contributed by atoms with Crippen LogP contribution in [0, 0.1) is 6.92 Å². The molecule has 2 aliphatic rings. The van der Waals surface area contributed by atoms with Crippen molar-refractivity contribution in [1.82, 2.24) is 25.1 Å². The van der Waals surface area contributed by atoms with Crippen molar-refractivity contribution in [2.45, 2.75) is 50.7 Å². The number of amides is 1. The first-order valence-corrected chi connectivity index (χ1v) is 10.7. The number of piperidine rings is 1. The minimum Gasteiger partial charge on any atom is -0.465 e. The Morgan fingerprint density at radius 1 is 1.34 bits per heavy atom. The minimum atomic E-state index is -0.796. The van der Waals surface area contributed by atoms with Crippen molar-refractivity contribution in [2.75, 3.05) is 17.3 Å². The van der Waals surface area contributed by atoms with Gasteiger partial charge in [-0.1, -0.05) is 0 Å². The molecular formula is C19H23N7O2S. The number of nitrogens with zero attached hydrogens (tertiary/aromatic N) is 5. The largest absolute Gasteiger partial charge is 0.465 e. The molecule has 29 heavy (non-hydrogen) atoms. The van der Waals surface area contributed by atoms with Crippen LogP contribution in [0.1, 0.15) is 31.4 Å². The van der Waals surface area contributed by atoms with Crippen LogP contribution in [-0.4, -0.2) is 61.4 Å². The van der Waals surface area contributed by atoms with Crippen molar-refractivity contribution >= 4 is 45.2 Å². The molecule has 9 nitrogen and oxygen atoms in total. The summed E-state index contributed by atoms with van der Waals surface area (Å²) in [6, 6.07) is 4.35. The molecule has 2 fully saturated rings. The van der Waals surface area contributed by atoms with Gasteiger partial charge in [-0.2, -0.15) is 10.1 Å². The summed E-state index contributed by atoms with van der Waals surface area (Å²) in [4.78, 5) is 25.8. The first-order valence-electron chi connectivity index (χ1n) is 9.78. The van der Waals surface area contributed by atoms with E-state index in [0.29, 0.717) is 5.95 Å². The number of H-pyrrole nitrogens is 1. The number of anilines is 3. The highest BCUT2D eigenvalue weighted by Gasteiger charge is 2.44. The summed E-state index contributed by atoms with van der Waals surface area (Å²) in [6.07, 6.45) is 2.71. The normalized spacial score (nSPS) is 23.5. The molecule has 1 amide bonds. The standard InChI is InChI=1S/C19H23N7O2S/c1-10-7-15(24-23-10)20-16-14-5-6-29-17(14)22-18(21-16)25(2)13-8-11-3-4-12(9-13)26(11)19(27)28/h5-7,11-13H,3-4,8-9H2,1-2H3,(H,27,28)(H2,20,21,22,23,24). The molecule has 0 saturated carbocycles. The Hall–Kier alpha value is -2.88. The molecule has 3 N–H and O–H groups in total. The van der Waals surface area contributed by atoms with E-state index in [1.165, 1.54) is 0 Å². The van der Waals surface area contributed by atoms with Crippen LogP contribution < -0.4 is 10.2 Å². The van der Waals surface area contributed by atoms with Crippen molar-refractivity contribution in [3.63, 3.8) is 0 Å². The molecule has 0 aromatic carbocycles. The monoisotopic (exact) mass is 413 g/mol. The first-order chi connectivity index (χ1) is 14.0. The number of hydrogen-bond acceptors (Lipinski definition) is 7. The second-order valence-electron chi connectivity index (χ2n) is 7.88. The number of aromatic amines is 1. The molecule has 5 heterocycles. The van der Waals surface area contributed by atoms with Crippen LogP contribution in [0.3, 0.4) is 0 Å². The number of carboxylic acid groups (broad SMARTS) is 1. The molecule has 0 spiro atoms. The number of thiophene rings is 1. The maximum absolute atomic E-state index is 11.6. The summed E-state index contributed by atoms with van der Waals surface area (Å²) >= 11 is 1.58. The third kappa shape index (κ3) is 3.17. The molecule has 2 bridgehead atoms. The summed E-state index contributed by atoms with van der Waals surface area (Å²) in [5, 5.41) is 23.0. The number of rotatable bonds is 4. The van der Waals surface area contributed by atoms with Crippen LogP contribution in [-0.2, 0) is 0 Å². The maximum Gasteiger partial charge on any atom is 0.407 e. The maximum atomic E-state index is 11.6. The number of aryl methyl sites for hydroxylation is 1. The molecule has 152 valence electrons. The van der Waals surface area contributed by atoms with E-state index in [0.717, 1.165) is 53.2 Å². The molecule has 2 atom stereocenters. The van der Waals surface area contributed by atoms with Crippen molar-refractivity contribution < 1.29 is 9.90 Å². The highest BCUT2D eigenvalue weighted by atomic mass is 32.1. The SMILES string of the molecule is Cc1cc(Nc2nc(N(C)C3CC4CCC(C3)N4C(=O)O)nc3sccc23)n[nH]1. The zero-order chi connectivity index (χ0) is 20.1. The third-order valence-electron chi connectivity index (χ3n) is 6.06. The fourth-order valence-corrected chi connectivity index (χ4v) is 5.40. The number of hydrogen-bond donors (Lipinski definition) is 3. The Labute approximate surface area is 171 Å². The lowest BCUT2D eigenvalue weighted by atomic mass is 9.97. The van der Waals surface area contributed by atoms with Gasteiger partial charge in [0.2, 0.25) is 5.95 Å². The number of carbonyl (C=O) groups is 1. The van der Waals surface area contributed by atoms with Crippen LogP contribution in [0.15, 0.2) is 17.5 Å². The van der Waals surface area contributed by atoms with Crippen molar-refractivity contribution in [3.8, 4) is 0 Å². The van der Waals surface area contributed by atoms with E-state index in [1.54, 1.807) is 16.2 Å². The van der Waals surface area contributed by atoms with Crippen LogP contribution in [0.2, 0.25) is 0 Å². The Morgan fingerprint density at radius 2 is 2.10 bits per heavy atom. The second-order valence-corrected chi connectivity index (χ2v) is 8.78. The van der Waals surface area contributed by atoms with Gasteiger partial charge in [-0.3, -0.25) is 5.10 Å². The molecule has 3 aromatic heterocycles. The van der Waals surface area contributed by atoms with Crippen molar-refractivity contribution in [3.05, 3.63) is 23.2 Å². The van der Waals surface area contributed by atoms with Crippen LogP contribution in [0.4, 0.5) is 22.4 Å². The lowest BCUT2D eigenvalue weighted by molar-refractivity contribution is 0.0964. The Morgan fingerprint density at radius 3 is 2.76 bits per heavy atom. The molecule has 3 aromatic rings. The molecule has 0 aliphatic carbocycles. The predicted molar refractivity (Wildman–Crippen MR) is 112 cm³/mol. The van der Waals surface area contributed by atoms with E-state index in [9.17, 15) is 9.90 Å². The van der Waals surface area contributed by atoms with E-state index in [4.69, 9.17) is 9.97 Å². The zero-order valence-corrected chi connectivity index (χ0v) is 17.1. The van der Waals surface area contributed by atoms with E-state index < -0.39 is 6.09 Å². The van der Waals surface area contributed by atoms with Gasteiger partial charge in [0.1, 0.15) is 10.6 Å². The highest BCUT2D eigenvalue weighted by Crippen LogP contribution is 2.38. The fraction of sp³-hybridized carbons (Fsp3) is 0.474. The Balaban J connectivity index is 1.43. The third-order valence-corrected chi connectivity index (χ3v) is 6.86. The first kappa shape index (κ1) is 18.2. The van der Waals surface area contributed by atoms with Gasteiger partial charge in [0, 0.05) is 36.9 Å². The molecule has 5 rings (SSSR count). The van der Waals surface area contributed by atoms with Gasteiger partial charge in [0.05, 0.1) is 5.39 Å². The predicted octanol–water partition coefficient (Wildman–Crippen LogP) is 3.58. The summed E-state index contributed by atoms with van der Waals surface area (Å²) in [7, 11) is 2.01. The number of aromatic nitrogens is 4. The van der Waals surface area contributed by atoms with Gasteiger partial charge in [0.25, 0.3) is 0 Å². The zero-order valence-electron chi connectivity index (χ0n) is 16.3. The van der Waals surface area contributed by atoms with Crippen LogP contribution in [0.5, 0.6) is 0 Å². The van der Waals surface area contributed by atoms with Gasteiger partial charge in [-0.05, 0) is 44.1 Å². The Bertz CT molecular complexity index is 1050. The topological polar surface area (TPSA) is 110 Å². The molecule has 2 saturated heterocycles. The number of nitrogens with one attached hydrogen (secondary N) is 2.